The minimum Gasteiger partial charge on any atom is -0.396 e. The van der Waals surface area contributed by atoms with Crippen LogP contribution in [0.25, 0.3) is 0 Å². The summed E-state index contributed by atoms with van der Waals surface area (Å²) in [6.07, 6.45) is 1.00. The average molecular weight is 257 g/mol. The zero-order valence-electron chi connectivity index (χ0n) is 10.0. The summed E-state index contributed by atoms with van der Waals surface area (Å²) in [5, 5.41) is 8.59. The number of aliphatic hydroxyl groups is 1. The first-order valence-corrected chi connectivity index (χ1v) is 7.33. The molecular weight excluding hydrogens is 238 g/mol. The second-order valence-electron chi connectivity index (χ2n) is 4.00. The predicted octanol–water partition coefficient (Wildman–Crippen LogP) is 1.19. The summed E-state index contributed by atoms with van der Waals surface area (Å²) in [4.78, 5) is 0. The van der Waals surface area contributed by atoms with Crippen molar-refractivity contribution in [2.24, 2.45) is 0 Å². The molecule has 0 spiro atoms. The van der Waals surface area contributed by atoms with Gasteiger partial charge in [0.15, 0.2) is 0 Å². The molecule has 96 valence electrons. The Morgan fingerprint density at radius 3 is 2.59 bits per heavy atom. The number of rotatable bonds is 7. The van der Waals surface area contributed by atoms with Gasteiger partial charge in [-0.2, -0.15) is 0 Å². The van der Waals surface area contributed by atoms with Crippen LogP contribution in [0.2, 0.25) is 0 Å². The second kappa shape index (κ2) is 6.74. The van der Waals surface area contributed by atoms with E-state index in [1.807, 2.05) is 31.2 Å². The molecule has 0 aliphatic carbocycles. The first-order valence-electron chi connectivity index (χ1n) is 5.68. The number of benzene rings is 1. The van der Waals surface area contributed by atoms with Gasteiger partial charge in [-0.3, -0.25) is 0 Å². The van der Waals surface area contributed by atoms with Gasteiger partial charge in [0.25, 0.3) is 0 Å². The lowest BCUT2D eigenvalue weighted by Gasteiger charge is -2.08. The predicted molar refractivity (Wildman–Crippen MR) is 68.1 cm³/mol. The Labute approximate surface area is 103 Å². The van der Waals surface area contributed by atoms with E-state index in [0.29, 0.717) is 19.4 Å². The number of aliphatic hydroxyl groups excluding tert-OH is 1. The molecule has 0 aromatic heterocycles. The Bertz CT molecular complexity index is 443. The van der Waals surface area contributed by atoms with Crippen molar-refractivity contribution in [2.45, 2.75) is 26.3 Å². The Hall–Kier alpha value is -0.910. The van der Waals surface area contributed by atoms with Crippen LogP contribution in [0, 0.1) is 6.92 Å². The number of hydrogen-bond donors (Lipinski definition) is 2. The first-order chi connectivity index (χ1) is 8.05. The van der Waals surface area contributed by atoms with Crippen LogP contribution in [0.4, 0.5) is 0 Å². The summed E-state index contributed by atoms with van der Waals surface area (Å²) in [7, 11) is -3.23. The molecule has 0 heterocycles. The average Bonchev–Trinajstić information content (AvgIpc) is 2.28. The van der Waals surface area contributed by atoms with Crippen LogP contribution in [0.15, 0.2) is 24.3 Å². The van der Waals surface area contributed by atoms with Crippen LogP contribution in [-0.2, 0) is 16.6 Å². The molecule has 0 unspecified atom stereocenters. The molecule has 0 bridgehead atoms. The SMILES string of the molecule is Cc1ccccc1CNS(=O)(=O)CCCCO. The normalized spacial score (nSPS) is 11.6. The van der Waals surface area contributed by atoms with Gasteiger partial charge in [0.2, 0.25) is 10.0 Å². The fraction of sp³-hybridized carbons (Fsp3) is 0.500. The van der Waals surface area contributed by atoms with E-state index in [-0.39, 0.29) is 12.4 Å². The molecule has 0 amide bonds. The highest BCUT2D eigenvalue weighted by Crippen LogP contribution is 2.07. The summed E-state index contributed by atoms with van der Waals surface area (Å²) in [5.41, 5.74) is 2.06. The molecule has 0 radical (unpaired) electrons. The fourth-order valence-corrected chi connectivity index (χ4v) is 2.58. The standard InChI is InChI=1S/C12H19NO3S/c1-11-6-2-3-7-12(11)10-13-17(15,16)9-5-4-8-14/h2-3,6-7,13-14H,4-5,8-10H2,1H3. The van der Waals surface area contributed by atoms with Crippen molar-refractivity contribution in [2.75, 3.05) is 12.4 Å². The molecule has 17 heavy (non-hydrogen) atoms. The van der Waals surface area contributed by atoms with E-state index in [0.717, 1.165) is 11.1 Å². The Morgan fingerprint density at radius 1 is 1.24 bits per heavy atom. The van der Waals surface area contributed by atoms with Gasteiger partial charge >= 0.3 is 0 Å². The van der Waals surface area contributed by atoms with Crippen molar-refractivity contribution in [3.8, 4) is 0 Å². The third-order valence-corrected chi connectivity index (χ3v) is 3.98. The summed E-state index contributed by atoms with van der Waals surface area (Å²) in [6, 6.07) is 7.68. The third kappa shape index (κ3) is 5.30. The van der Waals surface area contributed by atoms with Gasteiger partial charge in [-0.1, -0.05) is 24.3 Å². The van der Waals surface area contributed by atoms with E-state index < -0.39 is 10.0 Å². The topological polar surface area (TPSA) is 66.4 Å². The largest absolute Gasteiger partial charge is 0.396 e. The lowest BCUT2D eigenvalue weighted by Crippen LogP contribution is -2.26. The van der Waals surface area contributed by atoms with Gasteiger partial charge in [-0.05, 0) is 30.9 Å². The molecule has 0 aliphatic heterocycles. The van der Waals surface area contributed by atoms with Crippen LogP contribution in [0.5, 0.6) is 0 Å². The second-order valence-corrected chi connectivity index (χ2v) is 5.92. The van der Waals surface area contributed by atoms with E-state index >= 15 is 0 Å². The minimum atomic E-state index is -3.23. The summed E-state index contributed by atoms with van der Waals surface area (Å²) in [5.74, 6) is 0.0689. The summed E-state index contributed by atoms with van der Waals surface area (Å²) in [6.45, 7) is 2.32. The highest BCUT2D eigenvalue weighted by atomic mass is 32.2. The van der Waals surface area contributed by atoms with Crippen molar-refractivity contribution in [1.82, 2.24) is 4.72 Å². The molecule has 1 aromatic carbocycles. The molecule has 0 atom stereocenters. The quantitative estimate of drug-likeness (QED) is 0.721. The monoisotopic (exact) mass is 257 g/mol. The van der Waals surface area contributed by atoms with E-state index in [2.05, 4.69) is 4.72 Å². The maximum Gasteiger partial charge on any atom is 0.211 e. The molecule has 5 heteroatoms. The Kier molecular flexibility index (Phi) is 5.61. The lowest BCUT2D eigenvalue weighted by molar-refractivity contribution is 0.287. The van der Waals surface area contributed by atoms with Crippen LogP contribution in [0.3, 0.4) is 0 Å². The number of unbranched alkanes of at least 4 members (excludes halogenated alkanes) is 1. The molecule has 0 fully saturated rings. The zero-order chi connectivity index (χ0) is 12.7. The summed E-state index contributed by atoms with van der Waals surface area (Å²) < 4.78 is 25.8. The molecule has 1 aromatic rings. The smallest absolute Gasteiger partial charge is 0.211 e. The number of nitrogens with one attached hydrogen (secondary N) is 1. The molecule has 1 rings (SSSR count). The Balaban J connectivity index is 2.47. The fourth-order valence-electron chi connectivity index (χ4n) is 1.47. The van der Waals surface area contributed by atoms with E-state index in [9.17, 15) is 8.42 Å². The third-order valence-electron chi connectivity index (χ3n) is 2.56. The lowest BCUT2D eigenvalue weighted by atomic mass is 10.1. The first kappa shape index (κ1) is 14.2. The minimum absolute atomic E-state index is 0.0350. The van der Waals surface area contributed by atoms with Crippen LogP contribution < -0.4 is 4.72 Å². The van der Waals surface area contributed by atoms with E-state index in [1.54, 1.807) is 0 Å². The molecule has 4 nitrogen and oxygen atoms in total. The molecular formula is C12H19NO3S. The van der Waals surface area contributed by atoms with Crippen molar-refractivity contribution in [3.63, 3.8) is 0 Å². The molecule has 0 saturated carbocycles. The summed E-state index contributed by atoms with van der Waals surface area (Å²) >= 11 is 0. The zero-order valence-corrected chi connectivity index (χ0v) is 10.8. The van der Waals surface area contributed by atoms with E-state index in [4.69, 9.17) is 5.11 Å². The van der Waals surface area contributed by atoms with Crippen molar-refractivity contribution in [1.29, 1.82) is 0 Å². The highest BCUT2D eigenvalue weighted by molar-refractivity contribution is 7.89. The van der Waals surface area contributed by atoms with Gasteiger partial charge < -0.3 is 5.11 Å². The van der Waals surface area contributed by atoms with Gasteiger partial charge in [-0.25, -0.2) is 13.1 Å². The van der Waals surface area contributed by atoms with Crippen LogP contribution >= 0.6 is 0 Å². The molecule has 2 N–H and O–H groups in total. The number of sulfonamides is 1. The Morgan fingerprint density at radius 2 is 1.94 bits per heavy atom. The van der Waals surface area contributed by atoms with Gasteiger partial charge in [0, 0.05) is 13.2 Å². The molecule has 0 aliphatic rings. The number of aryl methyl sites for hydroxylation is 1. The van der Waals surface area contributed by atoms with Crippen LogP contribution in [-0.4, -0.2) is 25.9 Å². The van der Waals surface area contributed by atoms with Crippen molar-refractivity contribution >= 4 is 10.0 Å². The number of hydrogen-bond acceptors (Lipinski definition) is 3. The maximum absolute atomic E-state index is 11.6. The van der Waals surface area contributed by atoms with Gasteiger partial charge in [0.1, 0.15) is 0 Å². The molecule has 0 saturated heterocycles. The van der Waals surface area contributed by atoms with Crippen LogP contribution in [0.1, 0.15) is 24.0 Å². The highest BCUT2D eigenvalue weighted by Gasteiger charge is 2.09. The van der Waals surface area contributed by atoms with Crippen molar-refractivity contribution in [3.05, 3.63) is 35.4 Å². The van der Waals surface area contributed by atoms with E-state index in [1.165, 1.54) is 0 Å². The van der Waals surface area contributed by atoms with Crippen molar-refractivity contribution < 1.29 is 13.5 Å². The van der Waals surface area contributed by atoms with Gasteiger partial charge in [-0.15, -0.1) is 0 Å². The maximum atomic E-state index is 11.6. The van der Waals surface area contributed by atoms with Gasteiger partial charge in [0.05, 0.1) is 5.75 Å².